The summed E-state index contributed by atoms with van der Waals surface area (Å²) in [6, 6.07) is 19.7. The molecule has 162 valence electrons. The Balaban J connectivity index is 1.69. The van der Waals surface area contributed by atoms with Gasteiger partial charge in [0.1, 0.15) is 5.82 Å². The summed E-state index contributed by atoms with van der Waals surface area (Å²) in [4.78, 5) is 10.6. The van der Waals surface area contributed by atoms with Crippen molar-refractivity contribution in [1.29, 1.82) is 0 Å². The molecule has 4 aromatic rings. The van der Waals surface area contributed by atoms with Crippen molar-refractivity contribution < 1.29 is 8.60 Å². The molecule has 32 heavy (non-hydrogen) atoms. The molecule has 4 nitrogen and oxygen atoms in total. The van der Waals surface area contributed by atoms with E-state index in [4.69, 9.17) is 4.36 Å². The van der Waals surface area contributed by atoms with Crippen LogP contribution in [0.25, 0.3) is 21.7 Å². The predicted molar refractivity (Wildman–Crippen MR) is 128 cm³/mol. The molecule has 2 aromatic heterocycles. The van der Waals surface area contributed by atoms with E-state index in [0.29, 0.717) is 17.1 Å². The van der Waals surface area contributed by atoms with Crippen molar-refractivity contribution in [1.82, 2.24) is 9.97 Å². The van der Waals surface area contributed by atoms with Crippen LogP contribution in [0.15, 0.2) is 87.7 Å². The van der Waals surface area contributed by atoms with E-state index in [1.807, 2.05) is 48.5 Å². The summed E-state index contributed by atoms with van der Waals surface area (Å²) < 4.78 is 33.1. The lowest BCUT2D eigenvalue weighted by atomic mass is 10.1. The van der Waals surface area contributed by atoms with Crippen molar-refractivity contribution >= 4 is 26.9 Å². The number of hydrogen-bond acceptors (Lipinski definition) is 5. The van der Waals surface area contributed by atoms with E-state index in [1.165, 1.54) is 23.5 Å². The summed E-state index contributed by atoms with van der Waals surface area (Å²) in [5, 5.41) is 0.00362. The molecule has 0 spiro atoms. The van der Waals surface area contributed by atoms with E-state index in [2.05, 4.69) is 9.97 Å². The summed E-state index contributed by atoms with van der Waals surface area (Å²) in [7, 11) is -2.71. The number of nitrogens with zero attached hydrogens (tertiary/aromatic N) is 3. The molecular weight excluding hydrogens is 441 g/mol. The summed E-state index contributed by atoms with van der Waals surface area (Å²) in [6.45, 7) is 0. The molecule has 0 N–H and O–H groups in total. The maximum Gasteiger partial charge on any atom is 0.170 e. The van der Waals surface area contributed by atoms with E-state index < -0.39 is 9.73 Å². The molecule has 1 aliphatic carbocycles. The zero-order valence-corrected chi connectivity index (χ0v) is 19.0. The number of hydrogen-bond donors (Lipinski definition) is 0. The summed E-state index contributed by atoms with van der Waals surface area (Å²) in [6.07, 6.45) is 5.60. The fourth-order valence-corrected chi connectivity index (χ4v) is 7.59. The van der Waals surface area contributed by atoms with Gasteiger partial charge in [-0.25, -0.2) is 18.6 Å². The molecule has 5 rings (SSSR count). The van der Waals surface area contributed by atoms with Gasteiger partial charge >= 0.3 is 0 Å². The number of benzene rings is 2. The van der Waals surface area contributed by atoms with Crippen molar-refractivity contribution in [3.05, 3.63) is 84.3 Å². The molecule has 0 aliphatic heterocycles. The first-order valence-corrected chi connectivity index (χ1v) is 13.1. The summed E-state index contributed by atoms with van der Waals surface area (Å²) >= 11 is 1.45. The minimum atomic E-state index is -2.71. The van der Waals surface area contributed by atoms with Crippen LogP contribution in [0.3, 0.4) is 0 Å². The van der Waals surface area contributed by atoms with Crippen molar-refractivity contribution in [3.8, 4) is 21.7 Å². The molecule has 0 amide bonds. The third-order valence-corrected chi connectivity index (χ3v) is 9.38. The Bertz CT molecular complexity index is 1350. The second-order valence-electron chi connectivity index (χ2n) is 7.79. The van der Waals surface area contributed by atoms with Crippen LogP contribution < -0.4 is 0 Å². The first-order valence-electron chi connectivity index (χ1n) is 10.6. The zero-order chi connectivity index (χ0) is 22.0. The van der Waals surface area contributed by atoms with E-state index >= 15 is 0 Å². The van der Waals surface area contributed by atoms with Crippen molar-refractivity contribution in [2.75, 3.05) is 0 Å². The van der Waals surface area contributed by atoms with Gasteiger partial charge in [-0.1, -0.05) is 43.2 Å². The highest BCUT2D eigenvalue weighted by molar-refractivity contribution is 7.94. The maximum atomic E-state index is 14.4. The number of aromatic nitrogens is 2. The third-order valence-electron chi connectivity index (χ3n) is 5.75. The Morgan fingerprint density at radius 2 is 1.78 bits per heavy atom. The van der Waals surface area contributed by atoms with Crippen molar-refractivity contribution in [2.45, 2.75) is 35.8 Å². The zero-order valence-electron chi connectivity index (χ0n) is 17.4. The van der Waals surface area contributed by atoms with Gasteiger partial charge in [-0.05, 0) is 49.2 Å². The fraction of sp³-hybridized carbons (Fsp3) is 0.200. The highest BCUT2D eigenvalue weighted by Gasteiger charge is 2.29. The summed E-state index contributed by atoms with van der Waals surface area (Å²) in [5.41, 5.74) is 3.86. The number of rotatable bonds is 5. The molecule has 1 aliphatic rings. The molecule has 1 unspecified atom stereocenters. The normalized spacial score (nSPS) is 16.0. The van der Waals surface area contributed by atoms with Crippen LogP contribution in [0.2, 0.25) is 0 Å². The van der Waals surface area contributed by atoms with Crippen LogP contribution in [0.1, 0.15) is 25.7 Å². The van der Waals surface area contributed by atoms with Crippen molar-refractivity contribution in [2.24, 2.45) is 4.36 Å². The molecule has 0 saturated heterocycles. The van der Waals surface area contributed by atoms with E-state index in [0.717, 1.165) is 41.0 Å². The lowest BCUT2D eigenvalue weighted by molar-refractivity contribution is 0.628. The molecule has 1 fully saturated rings. The third kappa shape index (κ3) is 3.98. The average molecular weight is 464 g/mol. The second-order valence-corrected chi connectivity index (χ2v) is 11.1. The standard InChI is InChI=1S/C25H22FN3OS2/c26-19-9-6-8-18(16-19)23-24(31-17-28-23)22-14-7-15-27-25(22)29-32(30,21-12-4-5-13-21)20-10-2-1-3-11-20/h1-3,6-11,14-17,21H,4-5,12-13H2. The topological polar surface area (TPSA) is 55.2 Å². The van der Waals surface area contributed by atoms with Gasteiger partial charge in [0.15, 0.2) is 5.82 Å². The van der Waals surface area contributed by atoms with Crippen LogP contribution in [0, 0.1) is 5.82 Å². The smallest absolute Gasteiger partial charge is 0.170 e. The van der Waals surface area contributed by atoms with Gasteiger partial charge in [-0.2, -0.15) is 4.36 Å². The van der Waals surface area contributed by atoms with Crippen LogP contribution in [-0.4, -0.2) is 19.4 Å². The Hall–Kier alpha value is -2.90. The van der Waals surface area contributed by atoms with E-state index in [-0.39, 0.29) is 11.1 Å². The molecule has 7 heteroatoms. The van der Waals surface area contributed by atoms with Crippen LogP contribution >= 0.6 is 11.3 Å². The van der Waals surface area contributed by atoms with Gasteiger partial charge in [0.25, 0.3) is 0 Å². The molecule has 0 bridgehead atoms. The Kier molecular flexibility index (Phi) is 5.85. The first-order chi connectivity index (χ1) is 15.6. The van der Waals surface area contributed by atoms with Crippen molar-refractivity contribution in [3.63, 3.8) is 0 Å². The van der Waals surface area contributed by atoms with Gasteiger partial charge < -0.3 is 0 Å². The van der Waals surface area contributed by atoms with Gasteiger partial charge in [0.05, 0.1) is 25.8 Å². The predicted octanol–water partition coefficient (Wildman–Crippen LogP) is 7.11. The average Bonchev–Trinajstić information content (AvgIpc) is 3.53. The fourth-order valence-electron chi connectivity index (χ4n) is 4.20. The molecule has 1 saturated carbocycles. The van der Waals surface area contributed by atoms with Crippen LogP contribution in [0.4, 0.5) is 10.2 Å². The number of halogens is 1. The van der Waals surface area contributed by atoms with E-state index in [1.54, 1.807) is 17.8 Å². The summed E-state index contributed by atoms with van der Waals surface area (Å²) in [5.74, 6) is 0.126. The lowest BCUT2D eigenvalue weighted by Gasteiger charge is -2.17. The number of thiazole rings is 1. The second kappa shape index (κ2) is 8.92. The SMILES string of the molecule is O=S(=Nc1ncccc1-c1scnc1-c1cccc(F)c1)(c1ccccc1)C1CCCC1. The number of pyridine rings is 1. The van der Waals surface area contributed by atoms with Crippen LogP contribution in [-0.2, 0) is 9.73 Å². The quantitative estimate of drug-likeness (QED) is 0.317. The monoisotopic (exact) mass is 463 g/mol. The molecule has 2 aromatic carbocycles. The van der Waals surface area contributed by atoms with Gasteiger partial charge in [-0.3, -0.25) is 0 Å². The van der Waals surface area contributed by atoms with Crippen LogP contribution in [0.5, 0.6) is 0 Å². The molecular formula is C25H22FN3OS2. The Morgan fingerprint density at radius 1 is 0.969 bits per heavy atom. The molecule has 0 radical (unpaired) electrons. The minimum Gasteiger partial charge on any atom is -0.244 e. The largest absolute Gasteiger partial charge is 0.244 e. The Morgan fingerprint density at radius 3 is 2.56 bits per heavy atom. The van der Waals surface area contributed by atoms with Gasteiger partial charge in [-0.15, -0.1) is 11.3 Å². The maximum absolute atomic E-state index is 14.4. The Labute approximate surface area is 191 Å². The minimum absolute atomic E-state index is 0.00362. The van der Waals surface area contributed by atoms with Gasteiger partial charge in [0.2, 0.25) is 0 Å². The first kappa shape index (κ1) is 21.0. The van der Waals surface area contributed by atoms with E-state index in [9.17, 15) is 8.60 Å². The lowest BCUT2D eigenvalue weighted by Crippen LogP contribution is -2.17. The molecule has 1 atom stereocenters. The van der Waals surface area contributed by atoms with Gasteiger partial charge in [0, 0.05) is 27.5 Å². The molecule has 2 heterocycles. The highest BCUT2D eigenvalue weighted by Crippen LogP contribution is 2.41. The highest BCUT2D eigenvalue weighted by atomic mass is 32.2.